The summed E-state index contributed by atoms with van der Waals surface area (Å²) in [4.78, 5) is 12.1. The molecule has 1 N–H and O–H groups in total. The SMILES string of the molecule is Cc1cc(C(=O)NCc2cccc(OCCC#CCl)c2F)n(C)n1. The van der Waals surface area contributed by atoms with E-state index in [0.717, 1.165) is 5.69 Å². The second-order valence-electron chi connectivity index (χ2n) is 5.08. The lowest BCUT2D eigenvalue weighted by Gasteiger charge is -2.10. The molecule has 0 radical (unpaired) electrons. The Morgan fingerprint density at radius 1 is 1.50 bits per heavy atom. The molecule has 0 atom stereocenters. The van der Waals surface area contributed by atoms with Gasteiger partial charge in [0.05, 0.1) is 12.3 Å². The summed E-state index contributed by atoms with van der Waals surface area (Å²) >= 11 is 5.24. The maximum atomic E-state index is 14.4. The first kappa shape index (κ1) is 17.8. The minimum atomic E-state index is -0.502. The third kappa shape index (κ3) is 4.49. The van der Waals surface area contributed by atoms with Crippen LogP contribution in [0.3, 0.4) is 0 Å². The molecule has 1 amide bonds. The molecule has 1 aromatic carbocycles. The monoisotopic (exact) mass is 349 g/mol. The molecule has 0 aliphatic rings. The smallest absolute Gasteiger partial charge is 0.269 e. The van der Waals surface area contributed by atoms with Gasteiger partial charge >= 0.3 is 0 Å². The molecule has 2 aromatic rings. The number of aryl methyl sites for hydroxylation is 2. The first-order chi connectivity index (χ1) is 11.5. The molecule has 0 bridgehead atoms. The van der Waals surface area contributed by atoms with Crippen molar-refractivity contribution < 1.29 is 13.9 Å². The van der Waals surface area contributed by atoms with Crippen LogP contribution in [-0.2, 0) is 13.6 Å². The van der Waals surface area contributed by atoms with Gasteiger partial charge in [0, 0.05) is 31.0 Å². The first-order valence-corrected chi connectivity index (χ1v) is 7.68. The Kier molecular flexibility index (Phi) is 6.21. The molecule has 0 fully saturated rings. The van der Waals surface area contributed by atoms with Crippen LogP contribution in [0.15, 0.2) is 24.3 Å². The quantitative estimate of drug-likeness (QED) is 0.644. The molecule has 0 aliphatic carbocycles. The van der Waals surface area contributed by atoms with Crippen molar-refractivity contribution in [3.63, 3.8) is 0 Å². The Balaban J connectivity index is 2.00. The van der Waals surface area contributed by atoms with E-state index in [1.165, 1.54) is 10.7 Å². The number of halogens is 2. The largest absolute Gasteiger partial charge is 0.490 e. The molecule has 2 rings (SSSR count). The topological polar surface area (TPSA) is 56.1 Å². The van der Waals surface area contributed by atoms with Crippen LogP contribution in [0.2, 0.25) is 0 Å². The fourth-order valence-electron chi connectivity index (χ4n) is 2.15. The third-order valence-corrected chi connectivity index (χ3v) is 3.40. The summed E-state index contributed by atoms with van der Waals surface area (Å²) in [5.74, 6) is 1.92. The fourth-order valence-corrected chi connectivity index (χ4v) is 2.25. The van der Waals surface area contributed by atoms with Gasteiger partial charge in [-0.15, -0.1) is 0 Å². The van der Waals surface area contributed by atoms with E-state index in [-0.39, 0.29) is 24.8 Å². The van der Waals surface area contributed by atoms with E-state index < -0.39 is 5.82 Å². The lowest BCUT2D eigenvalue weighted by molar-refractivity contribution is 0.0941. The zero-order valence-electron chi connectivity index (χ0n) is 13.4. The van der Waals surface area contributed by atoms with Crippen LogP contribution in [0, 0.1) is 24.0 Å². The van der Waals surface area contributed by atoms with Gasteiger partial charge in [0.2, 0.25) is 0 Å². The number of amides is 1. The van der Waals surface area contributed by atoms with Crippen molar-refractivity contribution >= 4 is 17.5 Å². The number of hydrogen-bond donors (Lipinski definition) is 1. The number of carbonyl (C=O) groups excluding carboxylic acids is 1. The standard InChI is InChI=1S/C17H17ClFN3O2/c1-12-10-14(22(2)21-12)17(23)20-11-13-6-5-7-15(16(13)19)24-9-4-3-8-18/h5-7,10H,4,9,11H2,1-2H3,(H,20,23). The molecule has 1 heterocycles. The highest BCUT2D eigenvalue weighted by molar-refractivity contribution is 6.30. The summed E-state index contributed by atoms with van der Waals surface area (Å²) in [6, 6.07) is 6.46. The molecule has 7 heteroatoms. The lowest BCUT2D eigenvalue weighted by Crippen LogP contribution is -2.25. The minimum absolute atomic E-state index is 0.0492. The van der Waals surface area contributed by atoms with Crippen molar-refractivity contribution in [3.05, 3.63) is 47.0 Å². The Hall–Kier alpha value is -2.52. The van der Waals surface area contributed by atoms with Crippen molar-refractivity contribution in [1.29, 1.82) is 0 Å². The van der Waals surface area contributed by atoms with Crippen molar-refractivity contribution in [2.24, 2.45) is 7.05 Å². The van der Waals surface area contributed by atoms with Gasteiger partial charge in [-0.05, 0) is 30.7 Å². The fraction of sp³-hybridized carbons (Fsp3) is 0.294. The molecule has 0 spiro atoms. The number of ether oxygens (including phenoxy) is 1. The maximum absolute atomic E-state index is 14.4. The number of carbonyl (C=O) groups is 1. The molecule has 24 heavy (non-hydrogen) atoms. The average Bonchev–Trinajstić information content (AvgIpc) is 2.90. The van der Waals surface area contributed by atoms with E-state index in [0.29, 0.717) is 17.7 Å². The Bertz CT molecular complexity index is 793. The zero-order chi connectivity index (χ0) is 17.5. The van der Waals surface area contributed by atoms with Gasteiger partial charge in [-0.25, -0.2) is 4.39 Å². The average molecular weight is 350 g/mol. The Labute approximate surface area is 144 Å². The van der Waals surface area contributed by atoms with Crippen LogP contribution < -0.4 is 10.1 Å². The molecular formula is C17H17ClFN3O2. The highest BCUT2D eigenvalue weighted by atomic mass is 35.5. The van der Waals surface area contributed by atoms with Gasteiger partial charge in [-0.2, -0.15) is 5.10 Å². The lowest BCUT2D eigenvalue weighted by atomic mass is 10.2. The highest BCUT2D eigenvalue weighted by Crippen LogP contribution is 2.20. The van der Waals surface area contributed by atoms with E-state index in [9.17, 15) is 9.18 Å². The van der Waals surface area contributed by atoms with E-state index in [2.05, 4.69) is 21.7 Å². The predicted octanol–water partition coefficient (Wildman–Crippen LogP) is 2.77. The molecule has 0 saturated heterocycles. The molecule has 0 aliphatic heterocycles. The van der Waals surface area contributed by atoms with Crippen LogP contribution >= 0.6 is 11.6 Å². The maximum Gasteiger partial charge on any atom is 0.269 e. The summed E-state index contributed by atoms with van der Waals surface area (Å²) in [5, 5.41) is 9.02. The highest BCUT2D eigenvalue weighted by Gasteiger charge is 2.14. The van der Waals surface area contributed by atoms with Crippen LogP contribution in [-0.4, -0.2) is 22.3 Å². The molecule has 0 unspecified atom stereocenters. The van der Waals surface area contributed by atoms with Gasteiger partial charge < -0.3 is 10.1 Å². The van der Waals surface area contributed by atoms with Gasteiger partial charge in [-0.3, -0.25) is 9.48 Å². The van der Waals surface area contributed by atoms with Crippen LogP contribution in [0.4, 0.5) is 4.39 Å². The third-order valence-electron chi connectivity index (χ3n) is 3.27. The molecule has 1 aromatic heterocycles. The van der Waals surface area contributed by atoms with Crippen molar-refractivity contribution in [2.45, 2.75) is 19.9 Å². The number of rotatable bonds is 6. The summed E-state index contributed by atoms with van der Waals surface area (Å²) in [5.41, 5.74) is 1.49. The van der Waals surface area contributed by atoms with Crippen molar-refractivity contribution in [3.8, 4) is 17.0 Å². The normalized spacial score (nSPS) is 10.0. The second-order valence-corrected chi connectivity index (χ2v) is 5.27. The number of aromatic nitrogens is 2. The summed E-state index contributed by atoms with van der Waals surface area (Å²) in [6.45, 7) is 2.08. The van der Waals surface area contributed by atoms with Gasteiger partial charge in [0.1, 0.15) is 5.69 Å². The van der Waals surface area contributed by atoms with Crippen molar-refractivity contribution in [2.75, 3.05) is 6.61 Å². The van der Waals surface area contributed by atoms with Gasteiger partial charge in [0.15, 0.2) is 11.6 Å². The number of hydrogen-bond acceptors (Lipinski definition) is 3. The summed E-state index contributed by atoms with van der Waals surface area (Å²) < 4.78 is 21.2. The number of nitrogens with zero attached hydrogens (tertiary/aromatic N) is 2. The van der Waals surface area contributed by atoms with E-state index in [4.69, 9.17) is 16.3 Å². The zero-order valence-corrected chi connectivity index (χ0v) is 14.2. The van der Waals surface area contributed by atoms with Crippen LogP contribution in [0.1, 0.15) is 28.2 Å². The van der Waals surface area contributed by atoms with E-state index in [1.807, 2.05) is 0 Å². The van der Waals surface area contributed by atoms with Crippen LogP contribution in [0.5, 0.6) is 5.75 Å². The van der Waals surface area contributed by atoms with Gasteiger partial charge in [0.25, 0.3) is 5.91 Å². The summed E-state index contributed by atoms with van der Waals surface area (Å²) in [6.07, 6.45) is 0.406. The number of benzene rings is 1. The molecular weight excluding hydrogens is 333 g/mol. The van der Waals surface area contributed by atoms with Gasteiger partial charge in [-0.1, -0.05) is 18.1 Å². The van der Waals surface area contributed by atoms with E-state index >= 15 is 0 Å². The molecule has 126 valence electrons. The minimum Gasteiger partial charge on any atom is -0.490 e. The number of nitrogens with one attached hydrogen (secondary N) is 1. The molecule has 5 nitrogen and oxygen atoms in total. The first-order valence-electron chi connectivity index (χ1n) is 7.30. The summed E-state index contributed by atoms with van der Waals surface area (Å²) in [7, 11) is 1.68. The molecule has 0 saturated carbocycles. The van der Waals surface area contributed by atoms with E-state index in [1.54, 1.807) is 32.2 Å². The van der Waals surface area contributed by atoms with Crippen molar-refractivity contribution in [1.82, 2.24) is 15.1 Å². The Morgan fingerprint density at radius 3 is 2.96 bits per heavy atom. The van der Waals surface area contributed by atoms with Crippen LogP contribution in [0.25, 0.3) is 0 Å². The predicted molar refractivity (Wildman–Crippen MR) is 89.3 cm³/mol. The Morgan fingerprint density at radius 2 is 2.29 bits per heavy atom. The second kappa shape index (κ2) is 8.37.